The lowest BCUT2D eigenvalue weighted by Crippen LogP contribution is -2.15. The van der Waals surface area contributed by atoms with Crippen LogP contribution in [0.1, 0.15) is 11.1 Å². The number of nitrogens with zero attached hydrogens (tertiary/aromatic N) is 4. The Bertz CT molecular complexity index is 1130. The van der Waals surface area contributed by atoms with Gasteiger partial charge in [0, 0.05) is 23.6 Å². The third kappa shape index (κ3) is 4.93. The predicted molar refractivity (Wildman–Crippen MR) is 119 cm³/mol. The van der Waals surface area contributed by atoms with E-state index in [1.165, 1.54) is 11.8 Å². The molecule has 2 aromatic heterocycles. The van der Waals surface area contributed by atoms with Crippen LogP contribution >= 0.6 is 11.8 Å². The molecule has 7 heteroatoms. The average molecular weight is 416 g/mol. The number of hydrogen-bond acceptors (Lipinski definition) is 5. The van der Waals surface area contributed by atoms with Crippen LogP contribution in [-0.2, 0) is 11.3 Å². The average Bonchev–Trinajstić information content (AvgIpc) is 3.16. The minimum Gasteiger partial charge on any atom is -0.325 e. The Kier molecular flexibility index (Phi) is 6.20. The summed E-state index contributed by atoms with van der Waals surface area (Å²) in [5, 5.41) is 12.4. The van der Waals surface area contributed by atoms with E-state index in [1.54, 1.807) is 12.4 Å². The van der Waals surface area contributed by atoms with Gasteiger partial charge >= 0.3 is 0 Å². The molecule has 1 amide bonds. The largest absolute Gasteiger partial charge is 0.325 e. The Hall–Kier alpha value is -3.45. The number of thioether (sulfide) groups is 1. The van der Waals surface area contributed by atoms with Gasteiger partial charge in [-0.3, -0.25) is 14.3 Å². The van der Waals surface area contributed by atoms with Crippen LogP contribution in [0.25, 0.3) is 11.4 Å². The van der Waals surface area contributed by atoms with Gasteiger partial charge in [0.05, 0.1) is 12.3 Å². The van der Waals surface area contributed by atoms with Crippen molar-refractivity contribution < 1.29 is 4.79 Å². The number of carbonyl (C=O) groups excluding carboxylic acids is 1. The summed E-state index contributed by atoms with van der Waals surface area (Å²) < 4.78 is 2.04. The van der Waals surface area contributed by atoms with Crippen molar-refractivity contribution in [1.82, 2.24) is 19.7 Å². The summed E-state index contributed by atoms with van der Waals surface area (Å²) in [4.78, 5) is 16.5. The molecule has 0 fully saturated rings. The van der Waals surface area contributed by atoms with Crippen LogP contribution in [0.3, 0.4) is 0 Å². The second-order valence-corrected chi connectivity index (χ2v) is 7.76. The Morgan fingerprint density at radius 3 is 2.57 bits per heavy atom. The van der Waals surface area contributed by atoms with Gasteiger partial charge in [0.25, 0.3) is 0 Å². The second-order valence-electron chi connectivity index (χ2n) is 6.82. The highest BCUT2D eigenvalue weighted by Crippen LogP contribution is 2.25. The maximum atomic E-state index is 12.4. The van der Waals surface area contributed by atoms with Gasteiger partial charge in [0.15, 0.2) is 11.0 Å². The van der Waals surface area contributed by atoms with Crippen LogP contribution in [0.15, 0.2) is 84.3 Å². The van der Waals surface area contributed by atoms with E-state index in [0.717, 1.165) is 28.2 Å². The third-order valence-electron chi connectivity index (χ3n) is 4.47. The van der Waals surface area contributed by atoms with Gasteiger partial charge in [-0.05, 0) is 42.3 Å². The van der Waals surface area contributed by atoms with E-state index in [-0.39, 0.29) is 11.7 Å². The molecular weight excluding hydrogens is 394 g/mol. The van der Waals surface area contributed by atoms with Crippen molar-refractivity contribution in [2.75, 3.05) is 11.1 Å². The van der Waals surface area contributed by atoms with Crippen molar-refractivity contribution in [1.29, 1.82) is 0 Å². The number of carbonyl (C=O) groups is 1. The molecule has 30 heavy (non-hydrogen) atoms. The number of aryl methyl sites for hydroxylation is 1. The van der Waals surface area contributed by atoms with Crippen LogP contribution in [0.2, 0.25) is 0 Å². The first-order valence-corrected chi connectivity index (χ1v) is 10.5. The fourth-order valence-electron chi connectivity index (χ4n) is 3.07. The van der Waals surface area contributed by atoms with Gasteiger partial charge < -0.3 is 5.32 Å². The predicted octanol–water partition coefficient (Wildman–Crippen LogP) is 4.43. The van der Waals surface area contributed by atoms with Crippen molar-refractivity contribution in [2.24, 2.45) is 0 Å². The molecule has 1 N–H and O–H groups in total. The summed E-state index contributed by atoms with van der Waals surface area (Å²) in [5.74, 6) is 0.921. The first kappa shape index (κ1) is 19.8. The van der Waals surface area contributed by atoms with E-state index in [4.69, 9.17) is 0 Å². The summed E-state index contributed by atoms with van der Waals surface area (Å²) in [6, 6.07) is 21.7. The summed E-state index contributed by atoms with van der Waals surface area (Å²) in [6.45, 7) is 2.62. The normalized spacial score (nSPS) is 10.7. The minimum absolute atomic E-state index is 0.0784. The Balaban J connectivity index is 1.53. The number of amides is 1. The molecule has 4 rings (SSSR count). The van der Waals surface area contributed by atoms with Crippen molar-refractivity contribution in [3.8, 4) is 11.4 Å². The highest BCUT2D eigenvalue weighted by Gasteiger charge is 2.16. The number of anilines is 1. The lowest BCUT2D eigenvalue weighted by molar-refractivity contribution is -0.113. The van der Waals surface area contributed by atoms with E-state index >= 15 is 0 Å². The zero-order valence-electron chi connectivity index (χ0n) is 16.5. The Morgan fingerprint density at radius 2 is 1.80 bits per heavy atom. The zero-order chi connectivity index (χ0) is 20.8. The summed E-state index contributed by atoms with van der Waals surface area (Å²) in [6.07, 6.45) is 3.47. The van der Waals surface area contributed by atoms with Crippen LogP contribution < -0.4 is 5.32 Å². The second kappa shape index (κ2) is 9.37. The van der Waals surface area contributed by atoms with E-state index in [2.05, 4.69) is 32.6 Å². The molecule has 6 nitrogen and oxygen atoms in total. The van der Waals surface area contributed by atoms with Gasteiger partial charge in [-0.1, -0.05) is 54.2 Å². The maximum Gasteiger partial charge on any atom is 0.234 e. The summed E-state index contributed by atoms with van der Waals surface area (Å²) >= 11 is 1.38. The van der Waals surface area contributed by atoms with Crippen molar-refractivity contribution >= 4 is 23.4 Å². The number of nitrogens with one attached hydrogen (secondary N) is 1. The van der Waals surface area contributed by atoms with Crippen LogP contribution in [0, 0.1) is 6.92 Å². The lowest BCUT2D eigenvalue weighted by Gasteiger charge is -2.11. The molecule has 150 valence electrons. The Morgan fingerprint density at radius 1 is 1.00 bits per heavy atom. The molecule has 2 aromatic carbocycles. The number of benzene rings is 2. The smallest absolute Gasteiger partial charge is 0.234 e. The quantitative estimate of drug-likeness (QED) is 0.452. The van der Waals surface area contributed by atoms with Gasteiger partial charge in [0.2, 0.25) is 5.91 Å². The number of pyridine rings is 1. The Labute approximate surface area is 179 Å². The number of aromatic nitrogens is 4. The molecule has 0 atom stereocenters. The summed E-state index contributed by atoms with van der Waals surface area (Å²) in [7, 11) is 0. The number of rotatable bonds is 7. The molecule has 0 aliphatic carbocycles. The van der Waals surface area contributed by atoms with Gasteiger partial charge in [-0.2, -0.15) is 0 Å². The molecule has 0 unspecified atom stereocenters. The van der Waals surface area contributed by atoms with E-state index in [1.807, 2.05) is 66.1 Å². The zero-order valence-corrected chi connectivity index (χ0v) is 17.3. The molecule has 4 aromatic rings. The molecule has 0 aliphatic rings. The molecular formula is C23H21N5OS. The molecule has 2 heterocycles. The third-order valence-corrected chi connectivity index (χ3v) is 5.44. The summed E-state index contributed by atoms with van der Waals surface area (Å²) in [5.41, 5.74) is 3.97. The SMILES string of the molecule is Cc1cccc(NC(=O)CSc2nnc(-c3ccncc3)n2Cc2ccccc2)c1. The standard InChI is InChI=1S/C23H21N5OS/c1-17-6-5-9-20(14-17)25-21(29)16-30-23-27-26-22(19-10-12-24-13-11-19)28(23)15-18-7-3-2-4-8-18/h2-14H,15-16H2,1H3,(H,25,29). The highest BCUT2D eigenvalue weighted by molar-refractivity contribution is 7.99. The molecule has 0 saturated heterocycles. The molecule has 0 spiro atoms. The fraction of sp³-hybridized carbons (Fsp3) is 0.130. The van der Waals surface area contributed by atoms with Gasteiger partial charge in [0.1, 0.15) is 0 Å². The van der Waals surface area contributed by atoms with E-state index < -0.39 is 0 Å². The topological polar surface area (TPSA) is 72.7 Å². The van der Waals surface area contributed by atoms with Crippen LogP contribution in [-0.4, -0.2) is 31.4 Å². The van der Waals surface area contributed by atoms with Gasteiger partial charge in [-0.25, -0.2) is 0 Å². The van der Waals surface area contributed by atoms with E-state index in [0.29, 0.717) is 11.7 Å². The van der Waals surface area contributed by atoms with Crippen molar-refractivity contribution in [3.05, 3.63) is 90.3 Å². The molecule has 0 aliphatic heterocycles. The monoisotopic (exact) mass is 415 g/mol. The molecule has 0 radical (unpaired) electrons. The van der Waals surface area contributed by atoms with Crippen LogP contribution in [0.4, 0.5) is 5.69 Å². The molecule has 0 saturated carbocycles. The fourth-order valence-corrected chi connectivity index (χ4v) is 3.81. The molecule has 0 bridgehead atoms. The van der Waals surface area contributed by atoms with Crippen LogP contribution in [0.5, 0.6) is 0 Å². The van der Waals surface area contributed by atoms with Gasteiger partial charge in [-0.15, -0.1) is 10.2 Å². The first-order chi connectivity index (χ1) is 14.7. The van der Waals surface area contributed by atoms with Crippen molar-refractivity contribution in [2.45, 2.75) is 18.6 Å². The number of hydrogen-bond donors (Lipinski definition) is 1. The van der Waals surface area contributed by atoms with Crippen molar-refractivity contribution in [3.63, 3.8) is 0 Å². The highest BCUT2D eigenvalue weighted by atomic mass is 32.2. The first-order valence-electron chi connectivity index (χ1n) is 9.56. The minimum atomic E-state index is -0.0784. The van der Waals surface area contributed by atoms with E-state index in [9.17, 15) is 4.79 Å². The lowest BCUT2D eigenvalue weighted by atomic mass is 10.2. The maximum absolute atomic E-state index is 12.4.